The molecule has 14 nitrogen and oxygen atoms in total. The molecule has 1 saturated heterocycles. The summed E-state index contributed by atoms with van der Waals surface area (Å²) in [5.74, 6) is 0.142. The van der Waals surface area contributed by atoms with Gasteiger partial charge in [-0.25, -0.2) is 15.0 Å². The fourth-order valence-electron chi connectivity index (χ4n) is 5.37. The topological polar surface area (TPSA) is 190 Å². The van der Waals surface area contributed by atoms with Crippen LogP contribution < -0.4 is 26.0 Å². The zero-order chi connectivity index (χ0) is 32.1. The number of carbonyl (C=O) groups is 2. The van der Waals surface area contributed by atoms with E-state index >= 15 is 0 Å². The molecule has 2 aromatic carbocycles. The Morgan fingerprint density at radius 3 is 2.42 bits per heavy atom. The molecule has 1 aliphatic rings. The van der Waals surface area contributed by atoms with Crippen LogP contribution in [0, 0.1) is 0 Å². The fraction of sp³-hybridized carbons (Fsp3) is 0.387. The highest BCUT2D eigenvalue weighted by Crippen LogP contribution is 2.32. The minimum absolute atomic E-state index is 0.132. The largest absolute Gasteiger partial charge is 0.497 e. The number of aliphatic hydroxyl groups excluding tert-OH is 2. The van der Waals surface area contributed by atoms with Crippen LogP contribution in [0.1, 0.15) is 17.4 Å². The molecule has 2 amide bonds. The van der Waals surface area contributed by atoms with Crippen LogP contribution in [0.5, 0.6) is 5.75 Å². The number of nitrogens with two attached hydrogens (primary N) is 1. The molecule has 0 aliphatic carbocycles. The number of amides is 2. The highest BCUT2D eigenvalue weighted by Gasteiger charge is 2.46. The standard InChI is InChI=1S/C31H38N8O6/c1-38(2)27-25-28(34-16-33-27)39(17-35-25)31-26(41)24(23(15-40)45-31)37-30(43)22(14-19-9-11-20(44-3)12-10-19)36-29(42)21(32)13-18-7-5-4-6-8-18/h4-12,16-17,21-24,26,31,40-41H,13-15,32H2,1-3H3,(H,36,42)(H,37,43)/t21-,22-,23+,24+,26+,31+/m0/s1. The van der Waals surface area contributed by atoms with Crippen molar-refractivity contribution in [1.82, 2.24) is 30.2 Å². The van der Waals surface area contributed by atoms with Crippen LogP contribution in [0.25, 0.3) is 11.2 Å². The van der Waals surface area contributed by atoms with Crippen molar-refractivity contribution in [2.75, 3.05) is 32.7 Å². The second kappa shape index (κ2) is 14.0. The first kappa shape index (κ1) is 31.8. The van der Waals surface area contributed by atoms with Crippen molar-refractivity contribution in [2.45, 2.75) is 49.4 Å². The van der Waals surface area contributed by atoms with E-state index in [9.17, 15) is 19.8 Å². The molecule has 0 radical (unpaired) electrons. The summed E-state index contributed by atoms with van der Waals surface area (Å²) in [7, 11) is 5.20. The summed E-state index contributed by atoms with van der Waals surface area (Å²) in [6.07, 6.45) is 0.00129. The number of imidazole rings is 1. The molecular weight excluding hydrogens is 580 g/mol. The number of hydrogen-bond donors (Lipinski definition) is 5. The van der Waals surface area contributed by atoms with Gasteiger partial charge in [0.05, 0.1) is 32.1 Å². The lowest BCUT2D eigenvalue weighted by molar-refractivity contribution is -0.130. The van der Waals surface area contributed by atoms with Crippen LogP contribution in [0.4, 0.5) is 5.82 Å². The lowest BCUT2D eigenvalue weighted by Gasteiger charge is -2.26. The summed E-state index contributed by atoms with van der Waals surface area (Å²) in [6, 6.07) is 13.5. The van der Waals surface area contributed by atoms with Crippen molar-refractivity contribution in [1.29, 1.82) is 0 Å². The van der Waals surface area contributed by atoms with Crippen LogP contribution in [0.2, 0.25) is 0 Å². The monoisotopic (exact) mass is 618 g/mol. The maximum absolute atomic E-state index is 13.8. The van der Waals surface area contributed by atoms with Crippen LogP contribution >= 0.6 is 0 Å². The van der Waals surface area contributed by atoms with E-state index in [1.54, 1.807) is 40.8 Å². The average Bonchev–Trinajstić information content (AvgIpc) is 3.61. The molecule has 238 valence electrons. The molecule has 45 heavy (non-hydrogen) atoms. The molecule has 14 heteroatoms. The Hall–Kier alpha value is -4.63. The highest BCUT2D eigenvalue weighted by atomic mass is 16.5. The predicted molar refractivity (Wildman–Crippen MR) is 165 cm³/mol. The summed E-state index contributed by atoms with van der Waals surface area (Å²) in [4.78, 5) is 41.8. The second-order valence-electron chi connectivity index (χ2n) is 11.1. The SMILES string of the molecule is COc1ccc(C[C@H](NC(=O)[C@@H](N)Cc2ccccc2)C(=O)N[C@H]2[C@@H](O)[C@H](n3cnc4c(N(C)C)ncnc43)O[C@@H]2CO)cc1. The third kappa shape index (κ3) is 7.04. The first-order chi connectivity index (χ1) is 21.7. The van der Waals surface area contributed by atoms with Crippen LogP contribution in [0.15, 0.2) is 67.3 Å². The van der Waals surface area contributed by atoms with Crippen LogP contribution in [-0.4, -0.2) is 99.7 Å². The van der Waals surface area contributed by atoms with Crippen molar-refractivity contribution in [3.05, 3.63) is 78.4 Å². The van der Waals surface area contributed by atoms with Crippen molar-refractivity contribution < 1.29 is 29.3 Å². The first-order valence-corrected chi connectivity index (χ1v) is 14.5. The molecule has 0 spiro atoms. The molecule has 1 fully saturated rings. The highest BCUT2D eigenvalue weighted by molar-refractivity contribution is 5.90. The number of nitrogens with one attached hydrogen (secondary N) is 2. The molecule has 0 bridgehead atoms. The molecule has 1 aliphatic heterocycles. The Kier molecular flexibility index (Phi) is 9.88. The molecule has 4 aromatic rings. The van der Waals surface area contributed by atoms with Crippen LogP contribution in [-0.2, 0) is 27.2 Å². The van der Waals surface area contributed by atoms with E-state index in [1.807, 2.05) is 44.4 Å². The van der Waals surface area contributed by atoms with E-state index in [0.29, 0.717) is 22.7 Å². The van der Waals surface area contributed by atoms with E-state index in [1.165, 1.54) is 12.7 Å². The third-order valence-electron chi connectivity index (χ3n) is 7.77. The van der Waals surface area contributed by atoms with Crippen molar-refractivity contribution in [2.24, 2.45) is 5.73 Å². The second-order valence-corrected chi connectivity index (χ2v) is 11.1. The van der Waals surface area contributed by atoms with Gasteiger partial charge in [0.2, 0.25) is 11.8 Å². The minimum Gasteiger partial charge on any atom is -0.497 e. The third-order valence-corrected chi connectivity index (χ3v) is 7.77. The number of anilines is 1. The Bertz CT molecular complexity index is 1600. The van der Waals surface area contributed by atoms with Gasteiger partial charge >= 0.3 is 0 Å². The molecule has 0 saturated carbocycles. The lowest BCUT2D eigenvalue weighted by atomic mass is 10.0. The number of carbonyl (C=O) groups excluding carboxylic acids is 2. The summed E-state index contributed by atoms with van der Waals surface area (Å²) >= 11 is 0. The van der Waals surface area contributed by atoms with Gasteiger partial charge in [0.15, 0.2) is 23.2 Å². The number of nitrogens with zero attached hydrogens (tertiary/aromatic N) is 5. The van der Waals surface area contributed by atoms with Crippen molar-refractivity contribution in [3.63, 3.8) is 0 Å². The van der Waals surface area contributed by atoms with Gasteiger partial charge in [-0.1, -0.05) is 42.5 Å². The minimum atomic E-state index is -1.29. The van der Waals surface area contributed by atoms with Gasteiger partial charge in [-0.2, -0.15) is 0 Å². The van der Waals surface area contributed by atoms with Gasteiger partial charge in [0.1, 0.15) is 30.3 Å². The fourth-order valence-corrected chi connectivity index (χ4v) is 5.37. The molecule has 0 unspecified atom stereocenters. The summed E-state index contributed by atoms with van der Waals surface area (Å²) in [6.45, 7) is -0.486. The zero-order valence-electron chi connectivity index (χ0n) is 25.3. The number of aliphatic hydroxyl groups is 2. The van der Waals surface area contributed by atoms with E-state index in [0.717, 1.165) is 11.1 Å². The number of benzene rings is 2. The number of rotatable bonds is 12. The van der Waals surface area contributed by atoms with Gasteiger partial charge in [-0.05, 0) is 29.7 Å². The number of fused-ring (bicyclic) bond motifs is 1. The molecule has 3 heterocycles. The van der Waals surface area contributed by atoms with E-state index < -0.39 is 55.0 Å². The summed E-state index contributed by atoms with van der Waals surface area (Å²) < 4.78 is 12.8. The molecule has 5 rings (SSSR count). The Balaban J connectivity index is 1.35. The van der Waals surface area contributed by atoms with E-state index in [-0.39, 0.29) is 12.8 Å². The van der Waals surface area contributed by atoms with Crippen LogP contribution in [0.3, 0.4) is 0 Å². The number of aromatic nitrogens is 4. The van der Waals surface area contributed by atoms with Gasteiger partial charge in [0.25, 0.3) is 0 Å². The predicted octanol–water partition coefficient (Wildman–Crippen LogP) is -0.0662. The smallest absolute Gasteiger partial charge is 0.243 e. The summed E-state index contributed by atoms with van der Waals surface area (Å²) in [5.41, 5.74) is 8.79. The van der Waals surface area contributed by atoms with Gasteiger partial charge < -0.3 is 41.0 Å². The van der Waals surface area contributed by atoms with E-state index in [2.05, 4.69) is 25.6 Å². The Morgan fingerprint density at radius 1 is 1.04 bits per heavy atom. The normalized spacial score (nSPS) is 20.8. The maximum Gasteiger partial charge on any atom is 0.243 e. The van der Waals surface area contributed by atoms with Gasteiger partial charge in [-0.15, -0.1) is 0 Å². The quantitative estimate of drug-likeness (QED) is 0.143. The van der Waals surface area contributed by atoms with Gasteiger partial charge in [-0.3, -0.25) is 14.2 Å². The molecular formula is C31H38N8O6. The first-order valence-electron chi connectivity index (χ1n) is 14.5. The lowest BCUT2D eigenvalue weighted by Crippen LogP contribution is -2.57. The Morgan fingerprint density at radius 2 is 1.76 bits per heavy atom. The summed E-state index contributed by atoms with van der Waals surface area (Å²) in [5, 5.41) is 27.1. The maximum atomic E-state index is 13.8. The average molecular weight is 619 g/mol. The van der Waals surface area contributed by atoms with Crippen molar-refractivity contribution in [3.8, 4) is 5.75 Å². The number of hydrogen-bond acceptors (Lipinski definition) is 11. The van der Waals surface area contributed by atoms with E-state index in [4.69, 9.17) is 15.2 Å². The number of ether oxygens (including phenoxy) is 2. The number of methoxy groups -OCH3 is 1. The van der Waals surface area contributed by atoms with Gasteiger partial charge in [0, 0.05) is 20.5 Å². The molecule has 2 aromatic heterocycles. The zero-order valence-corrected chi connectivity index (χ0v) is 25.3. The molecule has 6 N–H and O–H groups in total. The van der Waals surface area contributed by atoms with Crippen molar-refractivity contribution >= 4 is 28.8 Å². The molecule has 6 atom stereocenters. The Labute approximate surface area is 260 Å².